The van der Waals surface area contributed by atoms with Gasteiger partial charge in [0.05, 0.1) is 23.2 Å². The zero-order chi connectivity index (χ0) is 24.3. The fraction of sp³-hybridized carbons (Fsp3) is 0.385. The number of amides is 1. The van der Waals surface area contributed by atoms with E-state index < -0.39 is 17.2 Å². The topological polar surface area (TPSA) is 56.2 Å². The molecule has 8 heteroatoms. The Morgan fingerprint density at radius 2 is 1.79 bits per heavy atom. The molecule has 1 aromatic heterocycles. The zero-order valence-electron chi connectivity index (χ0n) is 19.3. The second kappa shape index (κ2) is 9.62. The molecule has 0 spiro atoms. The summed E-state index contributed by atoms with van der Waals surface area (Å²) in [6.07, 6.45) is -3.82. The first-order chi connectivity index (χ1) is 16.2. The maximum absolute atomic E-state index is 13.5. The molecule has 2 aromatic carbocycles. The van der Waals surface area contributed by atoms with Crippen molar-refractivity contribution >= 4 is 5.91 Å². The predicted molar refractivity (Wildman–Crippen MR) is 122 cm³/mol. The van der Waals surface area contributed by atoms with Gasteiger partial charge in [0.1, 0.15) is 0 Å². The van der Waals surface area contributed by atoms with Gasteiger partial charge in [-0.1, -0.05) is 48.5 Å². The molecule has 1 aliphatic rings. The van der Waals surface area contributed by atoms with Gasteiger partial charge in [-0.2, -0.15) is 18.3 Å². The summed E-state index contributed by atoms with van der Waals surface area (Å²) in [5.74, 6) is -0.287. The molecule has 0 saturated carbocycles. The number of carbonyl (C=O) groups excluding carboxylic acids is 1. The van der Waals surface area contributed by atoms with Crippen molar-refractivity contribution in [2.45, 2.75) is 51.4 Å². The second-order valence-corrected chi connectivity index (χ2v) is 8.75. The molecule has 2 heterocycles. The van der Waals surface area contributed by atoms with E-state index in [0.29, 0.717) is 38.2 Å². The van der Waals surface area contributed by atoms with E-state index in [1.807, 2.05) is 48.9 Å². The van der Waals surface area contributed by atoms with Crippen LogP contribution in [0, 0.1) is 13.8 Å². The third-order valence-corrected chi connectivity index (χ3v) is 6.66. The third-order valence-electron chi connectivity index (χ3n) is 6.66. The molecule has 1 amide bonds. The normalized spacial score (nSPS) is 15.8. The summed E-state index contributed by atoms with van der Waals surface area (Å²) in [5, 5.41) is 7.63. The highest BCUT2D eigenvalue weighted by atomic mass is 19.4. The quantitative estimate of drug-likeness (QED) is 0.555. The second-order valence-electron chi connectivity index (χ2n) is 8.75. The highest BCUT2D eigenvalue weighted by Crippen LogP contribution is 2.38. The Morgan fingerprint density at radius 1 is 1.09 bits per heavy atom. The summed E-state index contributed by atoms with van der Waals surface area (Å²) in [4.78, 5) is 13.5. The number of carbonyl (C=O) groups is 1. The lowest BCUT2D eigenvalue weighted by atomic mass is 9.73. The van der Waals surface area contributed by atoms with E-state index in [4.69, 9.17) is 4.74 Å². The van der Waals surface area contributed by atoms with Gasteiger partial charge in [-0.15, -0.1) is 0 Å². The molecule has 0 radical (unpaired) electrons. The van der Waals surface area contributed by atoms with Crippen LogP contribution in [0.2, 0.25) is 0 Å². The number of aromatic nitrogens is 2. The number of ether oxygens (including phenoxy) is 1. The smallest absolute Gasteiger partial charge is 0.381 e. The highest BCUT2D eigenvalue weighted by Gasteiger charge is 2.43. The van der Waals surface area contributed by atoms with Crippen LogP contribution in [-0.4, -0.2) is 28.9 Å². The molecular formula is C26H28F3N3O2. The Hall–Kier alpha value is -3.13. The lowest BCUT2D eigenvalue weighted by molar-refractivity contribution is -0.138. The van der Waals surface area contributed by atoms with Crippen molar-refractivity contribution in [3.63, 3.8) is 0 Å². The van der Waals surface area contributed by atoms with Crippen LogP contribution in [0.15, 0.2) is 54.6 Å². The van der Waals surface area contributed by atoms with Crippen molar-refractivity contribution in [2.75, 3.05) is 13.2 Å². The van der Waals surface area contributed by atoms with Gasteiger partial charge >= 0.3 is 6.18 Å². The minimum atomic E-state index is -4.47. The molecule has 5 nitrogen and oxygen atoms in total. The molecule has 34 heavy (non-hydrogen) atoms. The number of hydrogen-bond acceptors (Lipinski definition) is 3. The number of benzene rings is 2. The van der Waals surface area contributed by atoms with Crippen molar-refractivity contribution in [1.29, 1.82) is 0 Å². The molecule has 0 bridgehead atoms. The van der Waals surface area contributed by atoms with Crippen LogP contribution in [0.25, 0.3) is 0 Å². The van der Waals surface area contributed by atoms with E-state index >= 15 is 0 Å². The highest BCUT2D eigenvalue weighted by molar-refractivity contribution is 5.88. The molecule has 1 saturated heterocycles. The SMILES string of the molecule is Cc1nn(Cc2ccccc2)c(C)c1CNC(=O)C1(c2cccc(C(F)(F)F)c2)CCOCC1. The average molecular weight is 472 g/mol. The Balaban J connectivity index is 1.56. The third kappa shape index (κ3) is 4.87. The van der Waals surface area contributed by atoms with Crippen LogP contribution in [0.3, 0.4) is 0 Å². The van der Waals surface area contributed by atoms with Crippen LogP contribution in [0.4, 0.5) is 13.2 Å². The minimum absolute atomic E-state index is 0.257. The zero-order valence-corrected chi connectivity index (χ0v) is 19.3. The summed E-state index contributed by atoms with van der Waals surface area (Å²) < 4.78 is 47.4. The standard InChI is InChI=1S/C26H28F3N3O2/c1-18-23(19(2)32(31-18)17-20-7-4-3-5-8-20)16-30-24(33)25(11-13-34-14-12-25)21-9-6-10-22(15-21)26(27,28)29/h3-10,15H,11-14,16-17H2,1-2H3,(H,30,33). The van der Waals surface area contributed by atoms with Crippen molar-refractivity contribution in [1.82, 2.24) is 15.1 Å². The summed E-state index contributed by atoms with van der Waals surface area (Å²) >= 11 is 0. The number of aryl methyl sites for hydroxylation is 1. The van der Waals surface area contributed by atoms with Crippen LogP contribution in [0.1, 0.15) is 46.5 Å². The number of halogens is 3. The fourth-order valence-electron chi connectivity index (χ4n) is 4.60. The molecule has 4 rings (SSSR count). The number of alkyl halides is 3. The van der Waals surface area contributed by atoms with Crippen molar-refractivity contribution < 1.29 is 22.7 Å². The molecule has 0 aliphatic carbocycles. The van der Waals surface area contributed by atoms with Gasteiger partial charge in [0.2, 0.25) is 5.91 Å². The summed E-state index contributed by atoms with van der Waals surface area (Å²) in [6.45, 7) is 5.36. The summed E-state index contributed by atoms with van der Waals surface area (Å²) in [7, 11) is 0. The first kappa shape index (κ1) is 24.0. The van der Waals surface area contributed by atoms with Gasteiger partial charge < -0.3 is 10.1 Å². The van der Waals surface area contributed by atoms with Gasteiger partial charge in [0.15, 0.2) is 0 Å². The number of hydrogen-bond donors (Lipinski definition) is 1. The van der Waals surface area contributed by atoms with E-state index in [0.717, 1.165) is 34.6 Å². The first-order valence-electron chi connectivity index (χ1n) is 11.3. The van der Waals surface area contributed by atoms with E-state index in [2.05, 4.69) is 10.4 Å². The number of rotatable bonds is 6. The molecular weight excluding hydrogens is 443 g/mol. The molecule has 3 aromatic rings. The van der Waals surface area contributed by atoms with Gasteiger partial charge in [-0.3, -0.25) is 9.48 Å². The number of nitrogens with one attached hydrogen (secondary N) is 1. The molecule has 180 valence electrons. The number of nitrogens with zero attached hydrogens (tertiary/aromatic N) is 2. The largest absolute Gasteiger partial charge is 0.416 e. The maximum atomic E-state index is 13.5. The molecule has 1 N–H and O–H groups in total. The van der Waals surface area contributed by atoms with Crippen LogP contribution in [0.5, 0.6) is 0 Å². The van der Waals surface area contributed by atoms with Crippen molar-refractivity contribution in [2.24, 2.45) is 0 Å². The van der Waals surface area contributed by atoms with E-state index in [9.17, 15) is 18.0 Å². The Morgan fingerprint density at radius 3 is 2.47 bits per heavy atom. The van der Waals surface area contributed by atoms with Gasteiger partial charge in [0, 0.05) is 31.0 Å². The monoisotopic (exact) mass is 471 g/mol. The first-order valence-corrected chi connectivity index (χ1v) is 11.3. The summed E-state index contributed by atoms with van der Waals surface area (Å²) in [5.41, 5.74) is 2.34. The lowest BCUT2D eigenvalue weighted by Crippen LogP contribution is -2.48. The van der Waals surface area contributed by atoms with Gasteiger partial charge in [-0.25, -0.2) is 0 Å². The molecule has 0 atom stereocenters. The fourth-order valence-corrected chi connectivity index (χ4v) is 4.60. The summed E-state index contributed by atoms with van der Waals surface area (Å²) in [6, 6.07) is 15.1. The maximum Gasteiger partial charge on any atom is 0.416 e. The van der Waals surface area contributed by atoms with Gasteiger partial charge in [0.25, 0.3) is 0 Å². The molecule has 0 unspecified atom stereocenters. The lowest BCUT2D eigenvalue weighted by Gasteiger charge is -2.36. The predicted octanol–water partition coefficient (Wildman–Crippen LogP) is 4.93. The van der Waals surface area contributed by atoms with Crippen molar-refractivity contribution in [3.8, 4) is 0 Å². The van der Waals surface area contributed by atoms with Crippen LogP contribution in [-0.2, 0) is 34.2 Å². The Kier molecular flexibility index (Phi) is 6.79. The Bertz CT molecular complexity index is 1150. The molecule has 1 fully saturated rings. The van der Waals surface area contributed by atoms with Gasteiger partial charge in [-0.05, 0) is 43.9 Å². The van der Waals surface area contributed by atoms with E-state index in [1.54, 1.807) is 6.07 Å². The molecule has 1 aliphatic heterocycles. The van der Waals surface area contributed by atoms with Crippen LogP contribution >= 0.6 is 0 Å². The minimum Gasteiger partial charge on any atom is -0.381 e. The van der Waals surface area contributed by atoms with E-state index in [-0.39, 0.29) is 12.5 Å². The van der Waals surface area contributed by atoms with Crippen LogP contribution < -0.4 is 5.32 Å². The average Bonchev–Trinajstić information content (AvgIpc) is 3.10. The van der Waals surface area contributed by atoms with E-state index in [1.165, 1.54) is 6.07 Å². The Labute approximate surface area is 196 Å². The van der Waals surface area contributed by atoms with Crippen molar-refractivity contribution in [3.05, 3.63) is 88.2 Å².